The van der Waals surface area contributed by atoms with Crippen molar-refractivity contribution >= 4 is 28.6 Å². The molecule has 0 aliphatic carbocycles. The molecule has 1 atom stereocenters. The third-order valence-electron chi connectivity index (χ3n) is 4.25. The van der Waals surface area contributed by atoms with Gasteiger partial charge in [-0.3, -0.25) is 9.36 Å². The van der Waals surface area contributed by atoms with Crippen molar-refractivity contribution < 1.29 is 9.21 Å². The molecule has 5 nitrogen and oxygen atoms in total. The molecule has 118 valence electrons. The van der Waals surface area contributed by atoms with Crippen molar-refractivity contribution in [3.05, 3.63) is 34.3 Å². The van der Waals surface area contributed by atoms with E-state index in [1.165, 1.54) is 0 Å². The Balaban J connectivity index is 1.84. The van der Waals surface area contributed by atoms with Crippen LogP contribution in [0.1, 0.15) is 31.4 Å². The normalized spacial score (nSPS) is 17.9. The molecule has 1 aliphatic rings. The maximum atomic E-state index is 12.2. The second kappa shape index (κ2) is 5.80. The average molecular weight is 323 g/mol. The molecule has 3 rings (SSSR count). The summed E-state index contributed by atoms with van der Waals surface area (Å²) in [6.45, 7) is 4.89. The smallest absolute Gasteiger partial charge is 0.408 e. The molecule has 2 aromatic rings. The van der Waals surface area contributed by atoms with Crippen LogP contribution in [0.25, 0.3) is 11.1 Å². The van der Waals surface area contributed by atoms with Crippen molar-refractivity contribution in [2.45, 2.75) is 38.1 Å². The number of nitrogens with zero attached hydrogens (tertiary/aromatic N) is 2. The highest BCUT2D eigenvalue weighted by molar-refractivity contribution is 6.30. The number of hydrogen-bond donors (Lipinski definition) is 0. The Morgan fingerprint density at radius 3 is 2.68 bits per heavy atom. The van der Waals surface area contributed by atoms with Gasteiger partial charge in [0.25, 0.3) is 0 Å². The minimum absolute atomic E-state index is 0.0415. The fourth-order valence-electron chi connectivity index (χ4n) is 3.09. The lowest BCUT2D eigenvalue weighted by molar-refractivity contribution is -0.131. The number of benzene rings is 1. The van der Waals surface area contributed by atoms with Gasteiger partial charge >= 0.3 is 5.76 Å². The fourth-order valence-corrected chi connectivity index (χ4v) is 3.22. The van der Waals surface area contributed by atoms with E-state index in [2.05, 4.69) is 0 Å². The van der Waals surface area contributed by atoms with Crippen LogP contribution < -0.4 is 5.76 Å². The summed E-state index contributed by atoms with van der Waals surface area (Å²) < 4.78 is 7.07. The van der Waals surface area contributed by atoms with Gasteiger partial charge in [-0.2, -0.15) is 0 Å². The molecule has 1 amide bonds. The Labute approximate surface area is 133 Å². The number of halogens is 1. The maximum absolute atomic E-state index is 12.2. The van der Waals surface area contributed by atoms with Crippen LogP contribution in [0.2, 0.25) is 0 Å². The molecule has 1 aromatic heterocycles. The minimum atomic E-state index is -0.503. The number of rotatable bonds is 2. The van der Waals surface area contributed by atoms with Crippen LogP contribution in [0.3, 0.4) is 0 Å². The highest BCUT2D eigenvalue weighted by Gasteiger charge is 2.28. The lowest BCUT2D eigenvalue weighted by Crippen LogP contribution is -2.42. The number of amides is 1. The Kier molecular flexibility index (Phi) is 4.00. The molecule has 0 spiro atoms. The van der Waals surface area contributed by atoms with E-state index in [0.717, 1.165) is 23.9 Å². The Morgan fingerprint density at radius 2 is 2.05 bits per heavy atom. The van der Waals surface area contributed by atoms with E-state index in [1.807, 2.05) is 25.1 Å². The van der Waals surface area contributed by atoms with Crippen LogP contribution in [-0.2, 0) is 4.79 Å². The average Bonchev–Trinajstić information content (AvgIpc) is 2.81. The number of aromatic nitrogens is 1. The molecule has 1 aromatic carbocycles. The lowest BCUT2D eigenvalue weighted by Gasteiger charge is -2.32. The van der Waals surface area contributed by atoms with Gasteiger partial charge in [-0.05, 0) is 44.4 Å². The van der Waals surface area contributed by atoms with Gasteiger partial charge in [0.1, 0.15) is 5.38 Å². The number of aryl methyl sites for hydroxylation is 1. The Hall–Kier alpha value is -1.75. The molecule has 1 unspecified atom stereocenters. The first-order chi connectivity index (χ1) is 10.5. The largest absolute Gasteiger partial charge is 0.420 e. The molecule has 0 radical (unpaired) electrons. The molecule has 1 aliphatic heterocycles. The van der Waals surface area contributed by atoms with E-state index in [0.29, 0.717) is 18.7 Å². The summed E-state index contributed by atoms with van der Waals surface area (Å²) in [6, 6.07) is 5.84. The first kappa shape index (κ1) is 15.2. The van der Waals surface area contributed by atoms with E-state index in [1.54, 1.807) is 16.4 Å². The molecular weight excluding hydrogens is 304 g/mol. The molecule has 0 bridgehead atoms. The first-order valence-electron chi connectivity index (χ1n) is 7.52. The summed E-state index contributed by atoms with van der Waals surface area (Å²) >= 11 is 5.85. The van der Waals surface area contributed by atoms with Crippen LogP contribution in [-0.4, -0.2) is 33.8 Å². The van der Waals surface area contributed by atoms with E-state index >= 15 is 0 Å². The quantitative estimate of drug-likeness (QED) is 0.799. The van der Waals surface area contributed by atoms with E-state index < -0.39 is 5.38 Å². The fraction of sp³-hybridized carbons (Fsp3) is 0.500. The highest BCUT2D eigenvalue weighted by Crippen LogP contribution is 2.26. The van der Waals surface area contributed by atoms with Gasteiger partial charge in [-0.15, -0.1) is 11.6 Å². The van der Waals surface area contributed by atoms with Crippen LogP contribution in [0.4, 0.5) is 0 Å². The number of alkyl halides is 1. The van der Waals surface area contributed by atoms with Crippen LogP contribution in [0, 0.1) is 6.92 Å². The van der Waals surface area contributed by atoms with Gasteiger partial charge in [0.2, 0.25) is 5.91 Å². The third-order valence-corrected chi connectivity index (χ3v) is 4.44. The number of likely N-dealkylation sites (tertiary alicyclic amines) is 1. The second-order valence-corrected chi connectivity index (χ2v) is 6.54. The SMILES string of the molecule is Cc1ccc2c(c1)oc(=O)n2C1CCN(C(=O)C(C)Cl)CC1. The molecular formula is C16H19ClN2O3. The zero-order valence-electron chi connectivity index (χ0n) is 12.7. The maximum Gasteiger partial charge on any atom is 0.420 e. The van der Waals surface area contributed by atoms with Crippen molar-refractivity contribution in [2.24, 2.45) is 0 Å². The first-order valence-corrected chi connectivity index (χ1v) is 7.95. The number of hydrogen-bond acceptors (Lipinski definition) is 3. The molecule has 0 saturated carbocycles. The summed E-state index contributed by atoms with van der Waals surface area (Å²) in [6.07, 6.45) is 1.47. The molecule has 0 N–H and O–H groups in total. The van der Waals surface area contributed by atoms with Crippen LogP contribution in [0.5, 0.6) is 0 Å². The zero-order valence-corrected chi connectivity index (χ0v) is 13.5. The molecule has 2 heterocycles. The topological polar surface area (TPSA) is 55.5 Å². The Morgan fingerprint density at radius 1 is 1.36 bits per heavy atom. The monoisotopic (exact) mass is 322 g/mol. The lowest BCUT2D eigenvalue weighted by atomic mass is 10.0. The van der Waals surface area contributed by atoms with Gasteiger partial charge in [0, 0.05) is 19.1 Å². The predicted molar refractivity (Wildman–Crippen MR) is 85.4 cm³/mol. The van der Waals surface area contributed by atoms with Gasteiger partial charge in [-0.25, -0.2) is 4.79 Å². The number of piperidine rings is 1. The number of oxazole rings is 1. The van der Waals surface area contributed by atoms with Crippen molar-refractivity contribution in [1.29, 1.82) is 0 Å². The summed E-state index contributed by atoms with van der Waals surface area (Å²) in [5.74, 6) is -0.365. The molecule has 6 heteroatoms. The number of carbonyl (C=O) groups is 1. The molecule has 1 fully saturated rings. The predicted octanol–water partition coefficient (Wildman–Crippen LogP) is 2.69. The summed E-state index contributed by atoms with van der Waals surface area (Å²) in [5, 5.41) is -0.503. The van der Waals surface area contributed by atoms with E-state index in [4.69, 9.17) is 16.0 Å². The van der Waals surface area contributed by atoms with E-state index in [-0.39, 0.29) is 17.7 Å². The third kappa shape index (κ3) is 2.65. The number of fused-ring (bicyclic) bond motifs is 1. The second-order valence-electron chi connectivity index (χ2n) is 5.88. The zero-order chi connectivity index (χ0) is 15.9. The molecule has 1 saturated heterocycles. The highest BCUT2D eigenvalue weighted by atomic mass is 35.5. The van der Waals surface area contributed by atoms with Gasteiger partial charge in [0.15, 0.2) is 5.58 Å². The van der Waals surface area contributed by atoms with Crippen molar-refractivity contribution in [1.82, 2.24) is 9.47 Å². The summed E-state index contributed by atoms with van der Waals surface area (Å²) in [7, 11) is 0. The standard InChI is InChI=1S/C16H19ClN2O3/c1-10-3-4-13-14(9-10)22-16(21)19(13)12-5-7-18(8-6-12)15(20)11(2)17/h3-4,9,11-12H,5-8H2,1-2H3. The summed E-state index contributed by atoms with van der Waals surface area (Å²) in [4.78, 5) is 25.9. The van der Waals surface area contributed by atoms with Gasteiger partial charge < -0.3 is 9.32 Å². The van der Waals surface area contributed by atoms with Crippen LogP contribution >= 0.6 is 11.6 Å². The Bertz CT molecular complexity index is 754. The van der Waals surface area contributed by atoms with Gasteiger partial charge in [0.05, 0.1) is 5.52 Å². The van der Waals surface area contributed by atoms with Crippen molar-refractivity contribution in [3.8, 4) is 0 Å². The number of carbonyl (C=O) groups excluding carboxylic acids is 1. The minimum Gasteiger partial charge on any atom is -0.408 e. The van der Waals surface area contributed by atoms with Crippen LogP contribution in [0.15, 0.2) is 27.4 Å². The van der Waals surface area contributed by atoms with Crippen molar-refractivity contribution in [2.75, 3.05) is 13.1 Å². The van der Waals surface area contributed by atoms with Crippen molar-refractivity contribution in [3.63, 3.8) is 0 Å². The summed E-state index contributed by atoms with van der Waals surface area (Å²) in [5.41, 5.74) is 2.51. The van der Waals surface area contributed by atoms with E-state index in [9.17, 15) is 9.59 Å². The van der Waals surface area contributed by atoms with Gasteiger partial charge in [-0.1, -0.05) is 6.07 Å². The molecule has 22 heavy (non-hydrogen) atoms.